The van der Waals surface area contributed by atoms with Gasteiger partial charge in [-0.15, -0.1) is 10.2 Å². The second-order valence-corrected chi connectivity index (χ2v) is 2.84. The van der Waals surface area contributed by atoms with Crippen molar-refractivity contribution in [2.75, 3.05) is 0 Å². The molecule has 0 N–H and O–H groups in total. The van der Waals surface area contributed by atoms with Crippen molar-refractivity contribution in [3.8, 4) is 17.5 Å². The molecule has 0 aliphatic rings. The number of nitrogens with zero attached hydrogens (tertiary/aromatic N) is 3. The molecule has 0 spiro atoms. The van der Waals surface area contributed by atoms with Gasteiger partial charge in [0, 0.05) is 5.56 Å². The number of halogens is 1. The lowest BCUT2D eigenvalue weighted by Gasteiger charge is -1.92. The maximum Gasteiger partial charge on any atom is 0.247 e. The van der Waals surface area contributed by atoms with E-state index in [1.54, 1.807) is 12.1 Å². The zero-order valence-corrected chi connectivity index (χ0v) is 7.64. The average molecular weight is 203 g/mol. The summed E-state index contributed by atoms with van der Waals surface area (Å²) in [6, 6.07) is 7.60. The minimum Gasteiger partial charge on any atom is -0.420 e. The van der Waals surface area contributed by atoms with E-state index in [1.807, 2.05) is 6.07 Å². The van der Waals surface area contributed by atoms with Gasteiger partial charge in [-0.3, -0.25) is 0 Å². The third kappa shape index (κ3) is 1.99. The minimum atomic E-state index is -0.324. The summed E-state index contributed by atoms with van der Waals surface area (Å²) in [7, 11) is 0. The molecule has 0 saturated heterocycles. The van der Waals surface area contributed by atoms with Gasteiger partial charge in [-0.25, -0.2) is 4.39 Å². The van der Waals surface area contributed by atoms with Crippen LogP contribution in [-0.4, -0.2) is 10.2 Å². The Morgan fingerprint density at radius 1 is 1.27 bits per heavy atom. The second kappa shape index (κ2) is 3.88. The van der Waals surface area contributed by atoms with Crippen LogP contribution in [0.1, 0.15) is 5.89 Å². The minimum absolute atomic E-state index is 0.0776. The molecule has 0 unspecified atom stereocenters. The molecule has 1 aromatic heterocycles. The predicted molar refractivity (Wildman–Crippen MR) is 49.0 cm³/mol. The molecule has 5 heteroatoms. The summed E-state index contributed by atoms with van der Waals surface area (Å²) in [5.74, 6) is 0.229. The summed E-state index contributed by atoms with van der Waals surface area (Å²) in [5.41, 5.74) is 0.632. The molecule has 15 heavy (non-hydrogen) atoms. The van der Waals surface area contributed by atoms with Crippen LogP contribution in [0.3, 0.4) is 0 Å². The van der Waals surface area contributed by atoms with Crippen LogP contribution in [0.4, 0.5) is 4.39 Å². The Hall–Kier alpha value is -2.22. The fourth-order valence-corrected chi connectivity index (χ4v) is 1.10. The molecule has 0 bridgehead atoms. The highest BCUT2D eigenvalue weighted by Gasteiger charge is 2.07. The summed E-state index contributed by atoms with van der Waals surface area (Å²) in [6.07, 6.45) is 0.0776. The third-order valence-corrected chi connectivity index (χ3v) is 1.79. The van der Waals surface area contributed by atoms with Crippen LogP contribution in [0, 0.1) is 17.1 Å². The van der Waals surface area contributed by atoms with Crippen molar-refractivity contribution in [2.45, 2.75) is 6.42 Å². The number of aromatic nitrogens is 2. The molecule has 0 fully saturated rings. The van der Waals surface area contributed by atoms with Crippen molar-refractivity contribution in [3.05, 3.63) is 36.0 Å². The second-order valence-electron chi connectivity index (χ2n) is 2.84. The zero-order valence-electron chi connectivity index (χ0n) is 7.64. The summed E-state index contributed by atoms with van der Waals surface area (Å²) >= 11 is 0. The van der Waals surface area contributed by atoms with Crippen molar-refractivity contribution < 1.29 is 8.81 Å². The Balaban J connectivity index is 2.30. The Labute approximate surface area is 85.0 Å². The molecule has 1 heterocycles. The number of nitriles is 1. The van der Waals surface area contributed by atoms with Crippen LogP contribution in [0.15, 0.2) is 28.7 Å². The molecule has 4 nitrogen and oxygen atoms in total. The predicted octanol–water partition coefficient (Wildman–Crippen LogP) is 1.94. The molecule has 1 aromatic carbocycles. The van der Waals surface area contributed by atoms with E-state index in [1.165, 1.54) is 12.1 Å². The van der Waals surface area contributed by atoms with E-state index in [0.29, 0.717) is 11.5 Å². The highest BCUT2D eigenvalue weighted by atomic mass is 19.1. The topological polar surface area (TPSA) is 62.7 Å². The Bertz CT molecular complexity index is 498. The third-order valence-electron chi connectivity index (χ3n) is 1.79. The molecule has 0 amide bonds. The van der Waals surface area contributed by atoms with Gasteiger partial charge < -0.3 is 4.42 Å². The molecule has 0 aliphatic heterocycles. The fraction of sp³-hybridized carbons (Fsp3) is 0.100. The largest absolute Gasteiger partial charge is 0.420 e. The Morgan fingerprint density at radius 3 is 2.67 bits per heavy atom. The lowest BCUT2D eigenvalue weighted by atomic mass is 10.2. The quantitative estimate of drug-likeness (QED) is 0.748. The van der Waals surface area contributed by atoms with Gasteiger partial charge in [-0.2, -0.15) is 5.26 Å². The zero-order chi connectivity index (χ0) is 10.7. The fourth-order valence-electron chi connectivity index (χ4n) is 1.10. The molecule has 2 rings (SSSR count). The Kier molecular flexibility index (Phi) is 2.42. The molecular formula is C10H6FN3O. The molecule has 74 valence electrons. The first kappa shape index (κ1) is 9.34. The summed E-state index contributed by atoms with van der Waals surface area (Å²) in [5, 5.41) is 15.8. The van der Waals surface area contributed by atoms with Crippen LogP contribution >= 0.6 is 0 Å². The molecule has 0 radical (unpaired) electrons. The van der Waals surface area contributed by atoms with Crippen LogP contribution in [0.2, 0.25) is 0 Å². The van der Waals surface area contributed by atoms with E-state index in [4.69, 9.17) is 9.68 Å². The van der Waals surface area contributed by atoms with E-state index in [2.05, 4.69) is 10.2 Å². The van der Waals surface area contributed by atoms with E-state index in [-0.39, 0.29) is 18.1 Å². The van der Waals surface area contributed by atoms with E-state index in [0.717, 1.165) is 0 Å². The number of rotatable bonds is 2. The summed E-state index contributed by atoms with van der Waals surface area (Å²) in [4.78, 5) is 0. The van der Waals surface area contributed by atoms with Gasteiger partial charge in [-0.1, -0.05) is 0 Å². The van der Waals surface area contributed by atoms with E-state index < -0.39 is 0 Å². The van der Waals surface area contributed by atoms with Gasteiger partial charge in [0.2, 0.25) is 11.8 Å². The lowest BCUT2D eigenvalue weighted by Crippen LogP contribution is -1.79. The first-order chi connectivity index (χ1) is 7.29. The van der Waals surface area contributed by atoms with Gasteiger partial charge in [0.1, 0.15) is 12.2 Å². The normalized spacial score (nSPS) is 9.87. The smallest absolute Gasteiger partial charge is 0.247 e. The van der Waals surface area contributed by atoms with Crippen molar-refractivity contribution in [2.24, 2.45) is 0 Å². The van der Waals surface area contributed by atoms with Crippen LogP contribution in [-0.2, 0) is 6.42 Å². The molecule has 0 atom stereocenters. The lowest BCUT2D eigenvalue weighted by molar-refractivity contribution is 0.521. The van der Waals surface area contributed by atoms with Crippen molar-refractivity contribution >= 4 is 0 Å². The van der Waals surface area contributed by atoms with E-state index in [9.17, 15) is 4.39 Å². The first-order valence-corrected chi connectivity index (χ1v) is 4.25. The molecular weight excluding hydrogens is 197 g/mol. The summed E-state index contributed by atoms with van der Waals surface area (Å²) < 4.78 is 17.8. The van der Waals surface area contributed by atoms with Gasteiger partial charge in [0.25, 0.3) is 0 Å². The van der Waals surface area contributed by atoms with Gasteiger partial charge in [0.15, 0.2) is 0 Å². The van der Waals surface area contributed by atoms with Crippen molar-refractivity contribution in [3.63, 3.8) is 0 Å². The number of hydrogen-bond acceptors (Lipinski definition) is 4. The maximum atomic E-state index is 12.6. The van der Waals surface area contributed by atoms with Crippen molar-refractivity contribution in [1.29, 1.82) is 5.26 Å². The molecule has 0 aliphatic carbocycles. The van der Waals surface area contributed by atoms with Gasteiger partial charge >= 0.3 is 0 Å². The van der Waals surface area contributed by atoms with Crippen molar-refractivity contribution in [1.82, 2.24) is 10.2 Å². The maximum absolute atomic E-state index is 12.6. The summed E-state index contributed by atoms with van der Waals surface area (Å²) in [6.45, 7) is 0. The van der Waals surface area contributed by atoms with Crippen LogP contribution in [0.5, 0.6) is 0 Å². The molecule has 0 saturated carbocycles. The SMILES string of the molecule is N#CCc1nnc(-c2ccc(F)cc2)o1. The number of benzene rings is 1. The molecule has 2 aromatic rings. The monoisotopic (exact) mass is 203 g/mol. The van der Waals surface area contributed by atoms with Crippen LogP contribution in [0.25, 0.3) is 11.5 Å². The highest BCUT2D eigenvalue weighted by molar-refractivity contribution is 5.51. The average Bonchev–Trinajstić information content (AvgIpc) is 2.68. The Morgan fingerprint density at radius 2 is 2.00 bits per heavy atom. The number of hydrogen-bond donors (Lipinski definition) is 0. The standard InChI is InChI=1S/C10H6FN3O/c11-8-3-1-7(2-4-8)10-14-13-9(15-10)5-6-12/h1-4H,5H2. The van der Waals surface area contributed by atoms with Gasteiger partial charge in [-0.05, 0) is 24.3 Å². The van der Waals surface area contributed by atoms with E-state index >= 15 is 0 Å². The van der Waals surface area contributed by atoms with Gasteiger partial charge in [0.05, 0.1) is 6.07 Å². The first-order valence-electron chi connectivity index (χ1n) is 4.25. The van der Waals surface area contributed by atoms with Crippen LogP contribution < -0.4 is 0 Å². The highest BCUT2D eigenvalue weighted by Crippen LogP contribution is 2.17.